The van der Waals surface area contributed by atoms with Crippen molar-refractivity contribution >= 4 is 12.1 Å². The van der Waals surface area contributed by atoms with Gasteiger partial charge in [-0.3, -0.25) is 0 Å². The number of rotatable bonds is 2. The summed E-state index contributed by atoms with van der Waals surface area (Å²) >= 11 is 0. The van der Waals surface area contributed by atoms with E-state index in [0.29, 0.717) is 19.0 Å². The second kappa shape index (κ2) is 6.37. The minimum absolute atomic E-state index is 0.0945. The Labute approximate surface area is 129 Å². The summed E-state index contributed by atoms with van der Waals surface area (Å²) in [5, 5.41) is 0. The predicted octanol–water partition coefficient (Wildman–Crippen LogP) is 2.58. The standard InChI is InChI=1S/C15H22N2O5/c1-15(2,3)22-14(19)17-7-5-10(6-8-17)12-16-11(9-21-12)13(18)20-4/h9-10H,5-8H2,1-4H3. The van der Waals surface area contributed by atoms with Gasteiger partial charge in [0, 0.05) is 19.0 Å². The first-order valence-corrected chi connectivity index (χ1v) is 7.32. The summed E-state index contributed by atoms with van der Waals surface area (Å²) in [6.07, 6.45) is 2.45. The quantitative estimate of drug-likeness (QED) is 0.781. The number of oxazole rings is 1. The number of ether oxygens (including phenoxy) is 2. The summed E-state index contributed by atoms with van der Waals surface area (Å²) in [4.78, 5) is 29.2. The number of hydrogen-bond acceptors (Lipinski definition) is 6. The van der Waals surface area contributed by atoms with Gasteiger partial charge in [0.05, 0.1) is 7.11 Å². The lowest BCUT2D eigenvalue weighted by molar-refractivity contribution is 0.0199. The Morgan fingerprint density at radius 3 is 2.50 bits per heavy atom. The van der Waals surface area contributed by atoms with Crippen molar-refractivity contribution in [3.8, 4) is 0 Å². The fourth-order valence-corrected chi connectivity index (χ4v) is 2.31. The summed E-state index contributed by atoms with van der Waals surface area (Å²) in [5.74, 6) is 0.0996. The van der Waals surface area contributed by atoms with Gasteiger partial charge in [-0.05, 0) is 33.6 Å². The zero-order chi connectivity index (χ0) is 16.3. The van der Waals surface area contributed by atoms with E-state index in [1.807, 2.05) is 20.8 Å². The van der Waals surface area contributed by atoms with Crippen LogP contribution in [0.25, 0.3) is 0 Å². The lowest BCUT2D eigenvalue weighted by Gasteiger charge is -2.32. The molecule has 1 amide bonds. The molecular weight excluding hydrogens is 288 g/mol. The van der Waals surface area contributed by atoms with Crippen LogP contribution in [0.15, 0.2) is 10.7 Å². The Kier molecular flexibility index (Phi) is 4.73. The monoisotopic (exact) mass is 310 g/mol. The molecule has 0 N–H and O–H groups in total. The zero-order valence-corrected chi connectivity index (χ0v) is 13.4. The molecule has 1 aromatic heterocycles. The van der Waals surface area contributed by atoms with Crippen molar-refractivity contribution in [1.29, 1.82) is 0 Å². The van der Waals surface area contributed by atoms with E-state index >= 15 is 0 Å². The van der Waals surface area contributed by atoms with Crippen molar-refractivity contribution in [2.45, 2.75) is 45.1 Å². The van der Waals surface area contributed by atoms with Crippen LogP contribution < -0.4 is 0 Å². The Morgan fingerprint density at radius 1 is 1.32 bits per heavy atom. The predicted molar refractivity (Wildman–Crippen MR) is 77.6 cm³/mol. The molecule has 1 aliphatic rings. The fraction of sp³-hybridized carbons (Fsp3) is 0.667. The number of carbonyl (C=O) groups excluding carboxylic acids is 2. The smallest absolute Gasteiger partial charge is 0.410 e. The molecular formula is C15H22N2O5. The van der Waals surface area contributed by atoms with Crippen LogP contribution in [-0.2, 0) is 9.47 Å². The van der Waals surface area contributed by atoms with Crippen LogP contribution in [0.3, 0.4) is 0 Å². The van der Waals surface area contributed by atoms with Gasteiger partial charge in [0.2, 0.25) is 0 Å². The lowest BCUT2D eigenvalue weighted by atomic mass is 9.97. The maximum atomic E-state index is 12.0. The number of carbonyl (C=O) groups is 2. The highest BCUT2D eigenvalue weighted by molar-refractivity contribution is 5.86. The number of amides is 1. The van der Waals surface area contributed by atoms with Crippen molar-refractivity contribution in [2.75, 3.05) is 20.2 Å². The summed E-state index contributed by atoms with van der Waals surface area (Å²) in [6.45, 7) is 6.70. The number of piperidine rings is 1. The highest BCUT2D eigenvalue weighted by atomic mass is 16.6. The molecule has 2 heterocycles. The van der Waals surface area contributed by atoms with Crippen LogP contribution >= 0.6 is 0 Å². The Bertz CT molecular complexity index is 538. The van der Waals surface area contributed by atoms with E-state index in [0.717, 1.165) is 12.8 Å². The molecule has 0 spiro atoms. The second-order valence-corrected chi connectivity index (χ2v) is 6.30. The SMILES string of the molecule is COC(=O)c1coc(C2CCN(C(=O)OC(C)(C)C)CC2)n1. The first-order valence-electron chi connectivity index (χ1n) is 7.32. The van der Waals surface area contributed by atoms with Crippen LogP contribution in [-0.4, -0.2) is 47.7 Å². The van der Waals surface area contributed by atoms with E-state index in [2.05, 4.69) is 9.72 Å². The molecule has 0 aliphatic carbocycles. The summed E-state index contributed by atoms with van der Waals surface area (Å²) < 4.78 is 15.3. The minimum atomic E-state index is -0.513. The molecule has 0 saturated carbocycles. The molecule has 7 heteroatoms. The van der Waals surface area contributed by atoms with Gasteiger partial charge in [0.25, 0.3) is 0 Å². The van der Waals surface area contributed by atoms with Gasteiger partial charge in [-0.2, -0.15) is 0 Å². The van der Waals surface area contributed by atoms with E-state index < -0.39 is 11.6 Å². The fourth-order valence-electron chi connectivity index (χ4n) is 2.31. The van der Waals surface area contributed by atoms with Crippen LogP contribution in [0, 0.1) is 0 Å². The van der Waals surface area contributed by atoms with Gasteiger partial charge < -0.3 is 18.8 Å². The molecule has 7 nitrogen and oxygen atoms in total. The average molecular weight is 310 g/mol. The Balaban J connectivity index is 1.91. The van der Waals surface area contributed by atoms with E-state index in [4.69, 9.17) is 9.15 Å². The largest absolute Gasteiger partial charge is 0.464 e. The Morgan fingerprint density at radius 2 is 1.95 bits per heavy atom. The number of aromatic nitrogens is 1. The van der Waals surface area contributed by atoms with E-state index in [1.165, 1.54) is 13.4 Å². The molecule has 0 atom stereocenters. The maximum absolute atomic E-state index is 12.0. The van der Waals surface area contributed by atoms with Gasteiger partial charge in [-0.1, -0.05) is 0 Å². The summed E-state index contributed by atoms with van der Waals surface area (Å²) in [6, 6.07) is 0. The third-order valence-corrected chi connectivity index (χ3v) is 3.41. The molecule has 0 aromatic carbocycles. The summed E-state index contributed by atoms with van der Waals surface area (Å²) in [5.41, 5.74) is -0.321. The van der Waals surface area contributed by atoms with E-state index in [9.17, 15) is 9.59 Å². The lowest BCUT2D eigenvalue weighted by Crippen LogP contribution is -2.41. The highest BCUT2D eigenvalue weighted by Gasteiger charge is 2.30. The third-order valence-electron chi connectivity index (χ3n) is 3.41. The molecule has 0 radical (unpaired) electrons. The Hall–Kier alpha value is -2.05. The van der Waals surface area contributed by atoms with Crippen LogP contribution in [0.5, 0.6) is 0 Å². The third kappa shape index (κ3) is 3.99. The molecule has 1 aromatic rings. The molecule has 0 unspecified atom stereocenters. The van der Waals surface area contributed by atoms with Gasteiger partial charge in [-0.25, -0.2) is 14.6 Å². The minimum Gasteiger partial charge on any atom is -0.464 e. The number of methoxy groups -OCH3 is 1. The number of esters is 1. The molecule has 0 bridgehead atoms. The van der Waals surface area contributed by atoms with Gasteiger partial charge in [0.1, 0.15) is 11.9 Å². The van der Waals surface area contributed by atoms with E-state index in [-0.39, 0.29) is 17.7 Å². The highest BCUT2D eigenvalue weighted by Crippen LogP contribution is 2.28. The van der Waals surface area contributed by atoms with Crippen molar-refractivity contribution in [2.24, 2.45) is 0 Å². The first-order chi connectivity index (χ1) is 10.3. The normalized spacial score (nSPS) is 16.5. The number of hydrogen-bond donors (Lipinski definition) is 0. The molecule has 122 valence electrons. The maximum Gasteiger partial charge on any atom is 0.410 e. The molecule has 1 fully saturated rings. The van der Waals surface area contributed by atoms with Crippen molar-refractivity contribution in [3.05, 3.63) is 17.8 Å². The van der Waals surface area contributed by atoms with Crippen molar-refractivity contribution < 1.29 is 23.5 Å². The second-order valence-electron chi connectivity index (χ2n) is 6.30. The van der Waals surface area contributed by atoms with E-state index in [1.54, 1.807) is 4.90 Å². The van der Waals surface area contributed by atoms with Crippen molar-refractivity contribution in [3.63, 3.8) is 0 Å². The van der Waals surface area contributed by atoms with Crippen molar-refractivity contribution in [1.82, 2.24) is 9.88 Å². The van der Waals surface area contributed by atoms with Crippen LogP contribution in [0.1, 0.15) is 55.9 Å². The first kappa shape index (κ1) is 16.3. The topological polar surface area (TPSA) is 81.9 Å². The van der Waals surface area contributed by atoms with Gasteiger partial charge in [0.15, 0.2) is 11.6 Å². The van der Waals surface area contributed by atoms with Crippen LogP contribution in [0.2, 0.25) is 0 Å². The molecule has 22 heavy (non-hydrogen) atoms. The average Bonchev–Trinajstić information content (AvgIpc) is 2.94. The van der Waals surface area contributed by atoms with Crippen LogP contribution in [0.4, 0.5) is 4.79 Å². The molecule has 1 aliphatic heterocycles. The molecule has 2 rings (SSSR count). The number of likely N-dealkylation sites (tertiary alicyclic amines) is 1. The van der Waals surface area contributed by atoms with Gasteiger partial charge >= 0.3 is 12.1 Å². The summed E-state index contributed by atoms with van der Waals surface area (Å²) in [7, 11) is 1.30. The zero-order valence-electron chi connectivity index (χ0n) is 13.4. The number of nitrogens with zero attached hydrogens (tertiary/aromatic N) is 2. The van der Waals surface area contributed by atoms with Gasteiger partial charge in [-0.15, -0.1) is 0 Å². The molecule has 1 saturated heterocycles.